The van der Waals surface area contributed by atoms with Gasteiger partial charge in [-0.1, -0.05) is 52.4 Å². The van der Waals surface area contributed by atoms with E-state index in [0.717, 1.165) is 49.7 Å². The van der Waals surface area contributed by atoms with Gasteiger partial charge in [0.1, 0.15) is 17.3 Å². The summed E-state index contributed by atoms with van der Waals surface area (Å²) >= 11 is 0. The van der Waals surface area contributed by atoms with Crippen LogP contribution in [-0.4, -0.2) is 22.5 Å². The summed E-state index contributed by atoms with van der Waals surface area (Å²) in [5.74, 6) is -0.0837. The second-order valence-corrected chi connectivity index (χ2v) is 8.69. The van der Waals surface area contributed by atoms with E-state index in [4.69, 9.17) is 9.47 Å². The molecule has 6 heteroatoms. The first-order chi connectivity index (χ1) is 17.1. The molecule has 0 atom stereocenters. The smallest absolute Gasteiger partial charge is 0.346 e. The lowest BCUT2D eigenvalue weighted by Gasteiger charge is -2.09. The van der Waals surface area contributed by atoms with Gasteiger partial charge in [-0.3, -0.25) is 0 Å². The molecular weight excluding hydrogens is 443 g/mol. The highest BCUT2D eigenvalue weighted by Crippen LogP contribution is 2.22. The van der Waals surface area contributed by atoms with Crippen LogP contribution in [0.5, 0.6) is 11.5 Å². The number of hydrogen-bond donors (Lipinski definition) is 0. The Morgan fingerprint density at radius 3 is 2.14 bits per heavy atom. The Morgan fingerprint density at radius 1 is 0.829 bits per heavy atom. The predicted molar refractivity (Wildman–Crippen MR) is 136 cm³/mol. The summed E-state index contributed by atoms with van der Waals surface area (Å²) in [6.45, 7) is 4.87. The Hall–Kier alpha value is -3.28. The minimum absolute atomic E-state index is 0.134. The standard InChI is InChI=1S/C29H35FN2O3/c1-3-5-7-9-11-22-20-31-28(32-21-22)23-12-14-24(15-13-23)35-29(33)26-17-16-25(19-27(26)30)34-18-10-8-6-4-2/h12-17,19-21H,3-11,18H2,1-2H3. The number of aryl methyl sites for hydroxylation is 1. The molecule has 5 nitrogen and oxygen atoms in total. The third-order valence-corrected chi connectivity index (χ3v) is 5.77. The van der Waals surface area contributed by atoms with Crippen molar-refractivity contribution in [3.8, 4) is 22.9 Å². The van der Waals surface area contributed by atoms with Gasteiger partial charge in [0.2, 0.25) is 0 Å². The number of esters is 1. The van der Waals surface area contributed by atoms with E-state index in [-0.39, 0.29) is 5.56 Å². The van der Waals surface area contributed by atoms with E-state index in [1.807, 2.05) is 12.4 Å². The lowest BCUT2D eigenvalue weighted by Crippen LogP contribution is -2.11. The molecule has 1 aromatic heterocycles. The van der Waals surface area contributed by atoms with Crippen LogP contribution in [0.1, 0.15) is 81.1 Å². The Morgan fingerprint density at radius 2 is 1.49 bits per heavy atom. The van der Waals surface area contributed by atoms with Gasteiger partial charge in [0, 0.05) is 24.0 Å². The number of unbranched alkanes of at least 4 members (excludes halogenated alkanes) is 6. The number of rotatable bonds is 14. The normalized spacial score (nSPS) is 10.8. The van der Waals surface area contributed by atoms with Gasteiger partial charge in [0.15, 0.2) is 5.82 Å². The van der Waals surface area contributed by atoms with Crippen molar-refractivity contribution in [3.63, 3.8) is 0 Å². The van der Waals surface area contributed by atoms with E-state index >= 15 is 0 Å². The van der Waals surface area contributed by atoms with Crippen molar-refractivity contribution < 1.29 is 18.7 Å². The largest absolute Gasteiger partial charge is 0.493 e. The Labute approximate surface area is 207 Å². The second kappa shape index (κ2) is 14.2. The minimum atomic E-state index is -0.756. The molecule has 0 spiro atoms. The number of carbonyl (C=O) groups excluding carboxylic acids is 1. The van der Waals surface area contributed by atoms with E-state index < -0.39 is 11.8 Å². The van der Waals surface area contributed by atoms with Crippen molar-refractivity contribution in [1.82, 2.24) is 9.97 Å². The van der Waals surface area contributed by atoms with Crippen molar-refractivity contribution in [1.29, 1.82) is 0 Å². The molecule has 35 heavy (non-hydrogen) atoms. The summed E-state index contributed by atoms with van der Waals surface area (Å²) in [7, 11) is 0. The van der Waals surface area contributed by atoms with Crippen molar-refractivity contribution in [2.75, 3.05) is 6.61 Å². The number of benzene rings is 2. The summed E-state index contributed by atoms with van der Waals surface area (Å²) in [5, 5.41) is 0. The zero-order chi connectivity index (χ0) is 24.9. The lowest BCUT2D eigenvalue weighted by atomic mass is 10.1. The van der Waals surface area contributed by atoms with Crippen molar-refractivity contribution in [2.24, 2.45) is 0 Å². The van der Waals surface area contributed by atoms with Crippen LogP contribution in [-0.2, 0) is 6.42 Å². The number of hydrogen-bond acceptors (Lipinski definition) is 5. The fourth-order valence-corrected chi connectivity index (χ4v) is 3.69. The van der Waals surface area contributed by atoms with Crippen LogP contribution in [0, 0.1) is 5.82 Å². The molecule has 2 aromatic carbocycles. The molecule has 0 aliphatic carbocycles. The van der Waals surface area contributed by atoms with Crippen molar-refractivity contribution in [3.05, 3.63) is 71.8 Å². The summed E-state index contributed by atoms with van der Waals surface area (Å²) < 4.78 is 25.4. The van der Waals surface area contributed by atoms with Crippen molar-refractivity contribution in [2.45, 2.75) is 71.6 Å². The molecule has 186 valence electrons. The zero-order valence-electron chi connectivity index (χ0n) is 20.8. The van der Waals surface area contributed by atoms with Gasteiger partial charge in [-0.2, -0.15) is 0 Å². The van der Waals surface area contributed by atoms with Crippen LogP contribution < -0.4 is 9.47 Å². The number of aromatic nitrogens is 2. The average molecular weight is 479 g/mol. The summed E-state index contributed by atoms with van der Waals surface area (Å²) in [6.07, 6.45) is 13.9. The molecule has 1 heterocycles. The molecule has 0 aliphatic heterocycles. The first kappa shape index (κ1) is 26.3. The molecule has 0 bridgehead atoms. The summed E-state index contributed by atoms with van der Waals surface area (Å²) in [6, 6.07) is 11.1. The Balaban J connectivity index is 1.53. The quantitative estimate of drug-likeness (QED) is 0.136. The monoisotopic (exact) mass is 478 g/mol. The molecular formula is C29H35FN2O3. The Kier molecular flexibility index (Phi) is 10.7. The Bertz CT molecular complexity index is 1050. The van der Waals surface area contributed by atoms with E-state index in [2.05, 4.69) is 23.8 Å². The molecule has 0 saturated carbocycles. The van der Waals surface area contributed by atoms with E-state index in [0.29, 0.717) is 23.9 Å². The van der Waals surface area contributed by atoms with Gasteiger partial charge in [-0.05, 0) is 61.2 Å². The van der Waals surface area contributed by atoms with Gasteiger partial charge in [0.25, 0.3) is 0 Å². The van der Waals surface area contributed by atoms with E-state index in [9.17, 15) is 9.18 Å². The lowest BCUT2D eigenvalue weighted by molar-refractivity contribution is 0.0730. The number of carbonyl (C=O) groups is 1. The second-order valence-electron chi connectivity index (χ2n) is 8.69. The van der Waals surface area contributed by atoms with Gasteiger partial charge >= 0.3 is 5.97 Å². The van der Waals surface area contributed by atoms with Gasteiger partial charge < -0.3 is 9.47 Å². The fraction of sp³-hybridized carbons (Fsp3) is 0.414. The highest BCUT2D eigenvalue weighted by molar-refractivity contribution is 5.91. The van der Waals surface area contributed by atoms with Crippen LogP contribution in [0.2, 0.25) is 0 Å². The topological polar surface area (TPSA) is 61.3 Å². The van der Waals surface area contributed by atoms with Crippen LogP contribution in [0.4, 0.5) is 4.39 Å². The van der Waals surface area contributed by atoms with Crippen LogP contribution in [0.3, 0.4) is 0 Å². The SMILES string of the molecule is CCCCCCOc1ccc(C(=O)Oc2ccc(-c3ncc(CCCCCC)cn3)cc2)c(F)c1. The van der Waals surface area contributed by atoms with Crippen molar-refractivity contribution >= 4 is 5.97 Å². The number of ether oxygens (including phenoxy) is 2. The molecule has 3 rings (SSSR count). The summed E-state index contributed by atoms with van der Waals surface area (Å²) in [4.78, 5) is 21.4. The summed E-state index contributed by atoms with van der Waals surface area (Å²) in [5.41, 5.74) is 1.81. The van der Waals surface area contributed by atoms with Gasteiger partial charge in [-0.25, -0.2) is 19.2 Å². The van der Waals surface area contributed by atoms with E-state index in [1.54, 1.807) is 30.3 Å². The van der Waals surface area contributed by atoms with E-state index in [1.165, 1.54) is 31.4 Å². The van der Waals surface area contributed by atoms with Crippen LogP contribution in [0.25, 0.3) is 11.4 Å². The molecule has 0 N–H and O–H groups in total. The minimum Gasteiger partial charge on any atom is -0.493 e. The van der Waals surface area contributed by atoms with Crippen LogP contribution in [0.15, 0.2) is 54.9 Å². The molecule has 3 aromatic rings. The maximum absolute atomic E-state index is 14.5. The fourth-order valence-electron chi connectivity index (χ4n) is 3.69. The zero-order valence-corrected chi connectivity index (χ0v) is 20.8. The highest BCUT2D eigenvalue weighted by Gasteiger charge is 2.15. The third kappa shape index (κ3) is 8.46. The average Bonchev–Trinajstić information content (AvgIpc) is 2.87. The molecule has 0 fully saturated rings. The maximum Gasteiger partial charge on any atom is 0.346 e. The molecule has 0 amide bonds. The van der Waals surface area contributed by atoms with Gasteiger partial charge in [-0.15, -0.1) is 0 Å². The number of halogens is 1. The first-order valence-electron chi connectivity index (χ1n) is 12.7. The predicted octanol–water partition coefficient (Wildman–Crippen LogP) is 7.58. The van der Waals surface area contributed by atoms with Crippen LogP contribution >= 0.6 is 0 Å². The third-order valence-electron chi connectivity index (χ3n) is 5.77. The molecule has 0 radical (unpaired) electrons. The molecule has 0 saturated heterocycles. The maximum atomic E-state index is 14.5. The first-order valence-corrected chi connectivity index (χ1v) is 12.7. The highest BCUT2D eigenvalue weighted by atomic mass is 19.1. The molecule has 0 aliphatic rings. The molecule has 0 unspecified atom stereocenters. The number of nitrogens with zero attached hydrogens (tertiary/aromatic N) is 2. The van der Waals surface area contributed by atoms with Gasteiger partial charge in [0.05, 0.1) is 12.2 Å².